The van der Waals surface area contributed by atoms with Gasteiger partial charge in [-0.1, -0.05) is 37.2 Å². The van der Waals surface area contributed by atoms with Crippen LogP contribution in [0.5, 0.6) is 5.75 Å². The first-order valence-electron chi connectivity index (χ1n) is 9.23. The normalized spacial score (nSPS) is 12.2. The van der Waals surface area contributed by atoms with Crippen LogP contribution in [0.3, 0.4) is 0 Å². The lowest BCUT2D eigenvalue weighted by Crippen LogP contribution is -2.37. The van der Waals surface area contributed by atoms with E-state index in [1.807, 2.05) is 30.5 Å². The molecule has 0 saturated heterocycles. The number of aryl methyl sites for hydroxylation is 1. The van der Waals surface area contributed by atoms with Crippen molar-refractivity contribution in [3.05, 3.63) is 52.7 Å². The quantitative estimate of drug-likeness (QED) is 0.578. The van der Waals surface area contributed by atoms with Crippen LogP contribution in [0.2, 0.25) is 0 Å². The Balaban J connectivity index is 1.66. The van der Waals surface area contributed by atoms with Crippen molar-refractivity contribution in [3.63, 3.8) is 0 Å². The predicted octanol–water partition coefficient (Wildman–Crippen LogP) is 4.66. The van der Waals surface area contributed by atoms with Gasteiger partial charge >= 0.3 is 0 Å². The van der Waals surface area contributed by atoms with Gasteiger partial charge in [0.25, 0.3) is 5.91 Å². The molecule has 0 saturated carbocycles. The third kappa shape index (κ3) is 4.59. The van der Waals surface area contributed by atoms with Gasteiger partial charge in [-0.3, -0.25) is 4.79 Å². The Morgan fingerprint density at radius 2 is 2.07 bits per heavy atom. The van der Waals surface area contributed by atoms with E-state index in [0.29, 0.717) is 17.6 Å². The van der Waals surface area contributed by atoms with Crippen LogP contribution in [-0.4, -0.2) is 34.1 Å². The molecule has 0 aliphatic carbocycles. The summed E-state index contributed by atoms with van der Waals surface area (Å²) >= 11 is 1.54. The maximum Gasteiger partial charge on any atom is 0.263 e. The summed E-state index contributed by atoms with van der Waals surface area (Å²) in [5, 5.41) is 5.93. The van der Waals surface area contributed by atoms with Gasteiger partial charge in [0.15, 0.2) is 6.10 Å². The number of benzene rings is 1. The molecule has 1 aromatic carbocycles. The third-order valence-electron chi connectivity index (χ3n) is 4.40. The number of hydrogen-bond acceptors (Lipinski definition) is 6. The molecule has 28 heavy (non-hydrogen) atoms. The van der Waals surface area contributed by atoms with Gasteiger partial charge in [0.2, 0.25) is 11.7 Å². The van der Waals surface area contributed by atoms with Gasteiger partial charge in [-0.05, 0) is 48.4 Å². The highest BCUT2D eigenvalue weighted by atomic mass is 32.1. The Bertz CT molecular complexity index is 934. The summed E-state index contributed by atoms with van der Waals surface area (Å²) in [6, 6.07) is 9.95. The van der Waals surface area contributed by atoms with E-state index in [2.05, 4.69) is 36.1 Å². The molecule has 0 aliphatic rings. The van der Waals surface area contributed by atoms with Crippen molar-refractivity contribution in [1.29, 1.82) is 0 Å². The lowest BCUT2D eigenvalue weighted by molar-refractivity contribution is -0.137. The Hall–Kier alpha value is -2.67. The fourth-order valence-electron chi connectivity index (χ4n) is 2.88. The van der Waals surface area contributed by atoms with Gasteiger partial charge in [0.1, 0.15) is 5.75 Å². The van der Waals surface area contributed by atoms with E-state index in [4.69, 9.17) is 9.26 Å². The smallest absolute Gasteiger partial charge is 0.263 e. The van der Waals surface area contributed by atoms with Crippen LogP contribution in [-0.2, 0) is 11.3 Å². The van der Waals surface area contributed by atoms with Crippen molar-refractivity contribution in [2.45, 2.75) is 46.3 Å². The first-order chi connectivity index (χ1) is 13.3. The van der Waals surface area contributed by atoms with Crippen molar-refractivity contribution >= 4 is 17.2 Å². The zero-order chi connectivity index (χ0) is 20.3. The molecule has 0 fully saturated rings. The molecule has 7 heteroatoms. The van der Waals surface area contributed by atoms with Crippen molar-refractivity contribution < 1.29 is 14.1 Å². The molecule has 0 bridgehead atoms. The van der Waals surface area contributed by atoms with Gasteiger partial charge in [-0.2, -0.15) is 4.98 Å². The summed E-state index contributed by atoms with van der Waals surface area (Å²) in [6.45, 7) is 8.22. The van der Waals surface area contributed by atoms with Gasteiger partial charge in [0.05, 0.1) is 11.4 Å². The van der Waals surface area contributed by atoms with Crippen molar-refractivity contribution in [2.75, 3.05) is 7.05 Å². The van der Waals surface area contributed by atoms with Crippen LogP contribution in [0.1, 0.15) is 43.7 Å². The molecular weight excluding hydrogens is 374 g/mol. The van der Waals surface area contributed by atoms with Crippen LogP contribution in [0.15, 0.2) is 40.2 Å². The molecule has 0 unspecified atom stereocenters. The number of ether oxygens (including phenoxy) is 1. The van der Waals surface area contributed by atoms with E-state index in [1.165, 1.54) is 11.3 Å². The monoisotopic (exact) mass is 399 g/mol. The molecule has 3 rings (SSSR count). The average molecular weight is 400 g/mol. The molecule has 2 aromatic heterocycles. The molecule has 148 valence electrons. The fraction of sp³-hybridized carbons (Fsp3) is 0.381. The standard InChI is InChI=1S/C21H25N3O3S/c1-13(2)16-9-8-14(3)11-17(16)26-15(4)21(25)24(5)12-19-22-20(23-27-19)18-7-6-10-28-18/h6-11,13,15H,12H2,1-5H3/t15-/m0/s1. The Labute approximate surface area is 169 Å². The number of rotatable bonds is 7. The van der Waals surface area contributed by atoms with E-state index < -0.39 is 6.10 Å². The molecule has 0 N–H and O–H groups in total. The lowest BCUT2D eigenvalue weighted by atomic mass is 10.0. The van der Waals surface area contributed by atoms with E-state index in [0.717, 1.165) is 21.8 Å². The Kier molecular flexibility index (Phi) is 6.14. The maximum absolute atomic E-state index is 12.8. The molecule has 0 aliphatic heterocycles. The van der Waals surface area contributed by atoms with Crippen LogP contribution < -0.4 is 4.74 Å². The number of thiophene rings is 1. The summed E-state index contributed by atoms with van der Waals surface area (Å²) in [5.74, 6) is 1.85. The molecule has 1 amide bonds. The highest BCUT2D eigenvalue weighted by Gasteiger charge is 2.23. The van der Waals surface area contributed by atoms with Crippen LogP contribution in [0.4, 0.5) is 0 Å². The number of nitrogens with zero attached hydrogens (tertiary/aromatic N) is 3. The number of aromatic nitrogens is 2. The SMILES string of the molecule is Cc1ccc(C(C)C)c(O[C@@H](C)C(=O)N(C)Cc2nc(-c3cccs3)no2)c1. The second kappa shape index (κ2) is 8.56. The molecular formula is C21H25N3O3S. The lowest BCUT2D eigenvalue weighted by Gasteiger charge is -2.23. The number of hydrogen-bond donors (Lipinski definition) is 0. The predicted molar refractivity (Wildman–Crippen MR) is 109 cm³/mol. The summed E-state index contributed by atoms with van der Waals surface area (Å²) in [5.41, 5.74) is 2.18. The van der Waals surface area contributed by atoms with Crippen LogP contribution >= 0.6 is 11.3 Å². The fourth-order valence-corrected chi connectivity index (χ4v) is 3.53. The number of carbonyl (C=O) groups is 1. The van der Waals surface area contributed by atoms with Crippen LogP contribution in [0, 0.1) is 6.92 Å². The Morgan fingerprint density at radius 3 is 2.75 bits per heavy atom. The zero-order valence-electron chi connectivity index (χ0n) is 16.8. The summed E-state index contributed by atoms with van der Waals surface area (Å²) < 4.78 is 11.3. The third-order valence-corrected chi connectivity index (χ3v) is 5.27. The second-order valence-electron chi connectivity index (χ2n) is 7.14. The largest absolute Gasteiger partial charge is 0.481 e. The minimum Gasteiger partial charge on any atom is -0.481 e. The summed E-state index contributed by atoms with van der Waals surface area (Å²) in [4.78, 5) is 19.6. The van der Waals surface area contributed by atoms with E-state index in [1.54, 1.807) is 18.9 Å². The van der Waals surface area contributed by atoms with Gasteiger partial charge in [-0.15, -0.1) is 11.3 Å². The number of likely N-dealkylation sites (N-methyl/N-ethyl adjacent to an activating group) is 1. The second-order valence-corrected chi connectivity index (χ2v) is 8.09. The van der Waals surface area contributed by atoms with Gasteiger partial charge < -0.3 is 14.2 Å². The minimum absolute atomic E-state index is 0.146. The van der Waals surface area contributed by atoms with Gasteiger partial charge in [0, 0.05) is 7.05 Å². The van der Waals surface area contributed by atoms with E-state index >= 15 is 0 Å². The average Bonchev–Trinajstić information content (AvgIpc) is 3.32. The van der Waals surface area contributed by atoms with Crippen molar-refractivity contribution in [1.82, 2.24) is 15.0 Å². The van der Waals surface area contributed by atoms with E-state index in [-0.39, 0.29) is 12.5 Å². The zero-order valence-corrected chi connectivity index (χ0v) is 17.6. The molecule has 6 nitrogen and oxygen atoms in total. The summed E-state index contributed by atoms with van der Waals surface area (Å²) in [6.07, 6.45) is -0.621. The first-order valence-corrected chi connectivity index (χ1v) is 10.1. The van der Waals surface area contributed by atoms with Crippen LogP contribution in [0.25, 0.3) is 10.7 Å². The maximum atomic E-state index is 12.8. The number of carbonyl (C=O) groups excluding carboxylic acids is 1. The van der Waals surface area contributed by atoms with E-state index in [9.17, 15) is 4.79 Å². The van der Waals surface area contributed by atoms with Crippen molar-refractivity contribution in [3.8, 4) is 16.5 Å². The molecule has 3 aromatic rings. The first kappa shape index (κ1) is 20.1. The van der Waals surface area contributed by atoms with Crippen molar-refractivity contribution in [2.24, 2.45) is 0 Å². The summed E-state index contributed by atoms with van der Waals surface area (Å²) in [7, 11) is 1.71. The topological polar surface area (TPSA) is 68.5 Å². The Morgan fingerprint density at radius 1 is 1.29 bits per heavy atom. The highest BCUT2D eigenvalue weighted by Crippen LogP contribution is 2.28. The minimum atomic E-state index is -0.621. The number of amides is 1. The highest BCUT2D eigenvalue weighted by molar-refractivity contribution is 7.13. The molecule has 0 radical (unpaired) electrons. The van der Waals surface area contributed by atoms with Gasteiger partial charge in [-0.25, -0.2) is 0 Å². The molecule has 0 spiro atoms. The molecule has 2 heterocycles. The molecule has 1 atom stereocenters.